The van der Waals surface area contributed by atoms with E-state index in [2.05, 4.69) is 0 Å². The molecule has 0 amide bonds. The van der Waals surface area contributed by atoms with Crippen LogP contribution in [0.15, 0.2) is 0 Å². The van der Waals surface area contributed by atoms with E-state index < -0.39 is 30.5 Å². The van der Waals surface area contributed by atoms with Crippen molar-refractivity contribution in [2.75, 3.05) is 0 Å². The number of hydrogen-bond donors (Lipinski definition) is 3. The van der Waals surface area contributed by atoms with Crippen LogP contribution < -0.4 is 0 Å². The van der Waals surface area contributed by atoms with E-state index in [4.69, 9.17) is 14.9 Å². The van der Waals surface area contributed by atoms with Crippen LogP contribution in [0.4, 0.5) is 0 Å². The largest absolute Gasteiger partial charge is 0.387 e. The van der Waals surface area contributed by atoms with Gasteiger partial charge in [-0.1, -0.05) is 6.92 Å². The van der Waals surface area contributed by atoms with E-state index in [0.29, 0.717) is 6.29 Å². The maximum atomic E-state index is 10.3. The fraction of sp³-hybridized carbons (Fsp3) is 0.857. The van der Waals surface area contributed by atoms with Crippen LogP contribution in [0.5, 0.6) is 0 Å². The number of rotatable bonds is 2. The van der Waals surface area contributed by atoms with E-state index in [1.54, 1.807) is 6.92 Å². The molecule has 0 bridgehead atoms. The first-order valence-electron chi connectivity index (χ1n) is 3.73. The number of aliphatic hydroxyl groups excluding tert-OH is 3. The van der Waals surface area contributed by atoms with Gasteiger partial charge in [0.05, 0.1) is 6.10 Å². The second-order valence-corrected chi connectivity index (χ2v) is 2.97. The third-order valence-electron chi connectivity index (χ3n) is 2.01. The molecule has 5 atom stereocenters. The molecule has 1 saturated heterocycles. The van der Waals surface area contributed by atoms with Gasteiger partial charge in [0.15, 0.2) is 6.29 Å². The average Bonchev–Trinajstić information content (AvgIpc) is 2.32. The van der Waals surface area contributed by atoms with E-state index in [-0.39, 0.29) is 0 Å². The van der Waals surface area contributed by atoms with Crippen LogP contribution >= 0.6 is 0 Å². The van der Waals surface area contributed by atoms with Gasteiger partial charge in [0.25, 0.3) is 0 Å². The van der Waals surface area contributed by atoms with Gasteiger partial charge < -0.3 is 24.9 Å². The van der Waals surface area contributed by atoms with E-state index in [9.17, 15) is 9.90 Å². The highest BCUT2D eigenvalue weighted by Gasteiger charge is 2.44. The SMILES string of the molecule is CC(C=O)C1OC(O)C(O)C1O. The van der Waals surface area contributed by atoms with Crippen molar-refractivity contribution in [1.82, 2.24) is 0 Å². The average molecular weight is 176 g/mol. The summed E-state index contributed by atoms with van der Waals surface area (Å²) < 4.78 is 4.76. The van der Waals surface area contributed by atoms with Gasteiger partial charge >= 0.3 is 0 Å². The van der Waals surface area contributed by atoms with Crippen molar-refractivity contribution in [3.05, 3.63) is 0 Å². The number of carbonyl (C=O) groups is 1. The predicted octanol–water partition coefficient (Wildman–Crippen LogP) is -1.74. The molecule has 70 valence electrons. The molecule has 5 unspecified atom stereocenters. The lowest BCUT2D eigenvalue weighted by atomic mass is 10.0. The Balaban J connectivity index is 2.63. The van der Waals surface area contributed by atoms with Gasteiger partial charge in [0, 0.05) is 5.92 Å². The van der Waals surface area contributed by atoms with Crippen LogP contribution in [-0.4, -0.2) is 46.2 Å². The molecule has 0 aliphatic carbocycles. The lowest BCUT2D eigenvalue weighted by molar-refractivity contribution is -0.139. The first-order valence-corrected chi connectivity index (χ1v) is 3.73. The Hall–Kier alpha value is -0.490. The first kappa shape index (κ1) is 9.60. The molecule has 5 nitrogen and oxygen atoms in total. The normalized spacial score (nSPS) is 44.3. The highest BCUT2D eigenvalue weighted by molar-refractivity contribution is 5.54. The van der Waals surface area contributed by atoms with Crippen LogP contribution in [0.1, 0.15) is 6.92 Å². The number of aldehydes is 1. The Morgan fingerprint density at radius 1 is 1.33 bits per heavy atom. The van der Waals surface area contributed by atoms with Crippen molar-refractivity contribution in [2.45, 2.75) is 31.5 Å². The van der Waals surface area contributed by atoms with Crippen molar-refractivity contribution < 1.29 is 24.9 Å². The number of hydrogen-bond acceptors (Lipinski definition) is 5. The van der Waals surface area contributed by atoms with Gasteiger partial charge in [0.1, 0.15) is 18.5 Å². The summed E-state index contributed by atoms with van der Waals surface area (Å²) in [7, 11) is 0. The monoisotopic (exact) mass is 176 g/mol. The second-order valence-electron chi connectivity index (χ2n) is 2.97. The summed E-state index contributed by atoms with van der Waals surface area (Å²) in [5.41, 5.74) is 0. The molecule has 0 aromatic heterocycles. The quantitative estimate of drug-likeness (QED) is 0.435. The molecule has 0 radical (unpaired) electrons. The lowest BCUT2D eigenvalue weighted by Gasteiger charge is -2.16. The summed E-state index contributed by atoms with van der Waals surface area (Å²) in [6, 6.07) is 0. The minimum absolute atomic E-state index is 0.535. The Morgan fingerprint density at radius 2 is 1.92 bits per heavy atom. The summed E-state index contributed by atoms with van der Waals surface area (Å²) >= 11 is 0. The molecule has 0 aromatic rings. The third-order valence-corrected chi connectivity index (χ3v) is 2.01. The van der Waals surface area contributed by atoms with Gasteiger partial charge in [-0.15, -0.1) is 0 Å². The van der Waals surface area contributed by atoms with Crippen molar-refractivity contribution in [1.29, 1.82) is 0 Å². The molecule has 3 N–H and O–H groups in total. The Kier molecular flexibility index (Phi) is 2.79. The minimum Gasteiger partial charge on any atom is -0.387 e. The van der Waals surface area contributed by atoms with Crippen molar-refractivity contribution >= 4 is 6.29 Å². The molecule has 1 fully saturated rings. The molecule has 0 saturated carbocycles. The molecule has 0 spiro atoms. The highest BCUT2D eigenvalue weighted by atomic mass is 16.6. The molecular formula is C7H12O5. The molecule has 0 aromatic carbocycles. The smallest absolute Gasteiger partial charge is 0.183 e. The standard InChI is InChI=1S/C7H12O5/c1-3(2-8)6-4(9)5(10)7(11)12-6/h2-7,9-11H,1H3. The highest BCUT2D eigenvalue weighted by Crippen LogP contribution is 2.24. The van der Waals surface area contributed by atoms with Crippen LogP contribution in [0, 0.1) is 5.92 Å². The number of carbonyl (C=O) groups excluding carboxylic acids is 1. The topological polar surface area (TPSA) is 87.0 Å². The lowest BCUT2D eigenvalue weighted by Crippen LogP contribution is -2.35. The molecule has 5 heteroatoms. The summed E-state index contributed by atoms with van der Waals surface area (Å²) in [5, 5.41) is 27.2. The van der Waals surface area contributed by atoms with Gasteiger partial charge in [-0.3, -0.25) is 0 Å². The predicted molar refractivity (Wildman–Crippen MR) is 38.1 cm³/mol. The van der Waals surface area contributed by atoms with Crippen molar-refractivity contribution in [2.24, 2.45) is 5.92 Å². The number of aliphatic hydroxyl groups is 3. The molecule has 1 heterocycles. The van der Waals surface area contributed by atoms with Gasteiger partial charge in [-0.2, -0.15) is 0 Å². The van der Waals surface area contributed by atoms with E-state index in [1.165, 1.54) is 0 Å². The van der Waals surface area contributed by atoms with E-state index in [1.807, 2.05) is 0 Å². The van der Waals surface area contributed by atoms with Crippen LogP contribution in [0.3, 0.4) is 0 Å². The zero-order chi connectivity index (χ0) is 9.30. The summed E-state index contributed by atoms with van der Waals surface area (Å²) in [6.45, 7) is 1.55. The maximum Gasteiger partial charge on any atom is 0.183 e. The van der Waals surface area contributed by atoms with Gasteiger partial charge in [0.2, 0.25) is 0 Å². The second kappa shape index (κ2) is 3.49. The van der Waals surface area contributed by atoms with Gasteiger partial charge in [-0.25, -0.2) is 0 Å². The van der Waals surface area contributed by atoms with Crippen LogP contribution in [-0.2, 0) is 9.53 Å². The summed E-state index contributed by atoms with van der Waals surface area (Å²) in [5.74, 6) is -0.535. The third kappa shape index (κ3) is 1.49. The van der Waals surface area contributed by atoms with Crippen molar-refractivity contribution in [3.8, 4) is 0 Å². The summed E-state index contributed by atoms with van der Waals surface area (Å²) in [4.78, 5) is 10.3. The Morgan fingerprint density at radius 3 is 2.25 bits per heavy atom. The van der Waals surface area contributed by atoms with E-state index in [0.717, 1.165) is 0 Å². The molecule has 1 aliphatic heterocycles. The fourth-order valence-corrected chi connectivity index (χ4v) is 1.20. The van der Waals surface area contributed by atoms with Crippen LogP contribution in [0.25, 0.3) is 0 Å². The molecule has 1 rings (SSSR count). The summed E-state index contributed by atoms with van der Waals surface area (Å²) in [6.07, 6.45) is -4.11. The molecule has 12 heavy (non-hydrogen) atoms. The van der Waals surface area contributed by atoms with Crippen LogP contribution in [0.2, 0.25) is 0 Å². The molecule has 1 aliphatic rings. The van der Waals surface area contributed by atoms with Crippen molar-refractivity contribution in [3.63, 3.8) is 0 Å². The number of ether oxygens (including phenoxy) is 1. The Labute approximate surface area is 69.6 Å². The maximum absolute atomic E-state index is 10.3. The minimum atomic E-state index is -1.40. The van der Waals surface area contributed by atoms with Gasteiger partial charge in [-0.05, 0) is 0 Å². The zero-order valence-electron chi connectivity index (χ0n) is 6.62. The van der Waals surface area contributed by atoms with E-state index >= 15 is 0 Å². The first-order chi connectivity index (χ1) is 5.57. The Bertz CT molecular complexity index is 171. The zero-order valence-corrected chi connectivity index (χ0v) is 6.62. The molecular weight excluding hydrogens is 164 g/mol. The fourth-order valence-electron chi connectivity index (χ4n) is 1.20.